The van der Waals surface area contributed by atoms with E-state index in [4.69, 9.17) is 5.73 Å². The van der Waals surface area contributed by atoms with Gasteiger partial charge in [0.2, 0.25) is 0 Å². The average Bonchev–Trinajstić information content (AvgIpc) is 2.93. The molecule has 21 heavy (non-hydrogen) atoms. The summed E-state index contributed by atoms with van der Waals surface area (Å²) in [4.78, 5) is 2.27. The molecule has 0 amide bonds. The maximum Gasteiger partial charge on any atom is 0.128 e. The summed E-state index contributed by atoms with van der Waals surface area (Å²) in [5.74, 6) is -0.171. The molecule has 2 atom stereocenters. The maximum atomic E-state index is 14.3. The molecule has 0 spiro atoms. The molecule has 2 unspecified atom stereocenters. The molecule has 110 valence electrons. The van der Waals surface area contributed by atoms with Crippen molar-refractivity contribution in [3.8, 4) is 0 Å². The Morgan fingerprint density at radius 3 is 2.62 bits per heavy atom. The Kier molecular flexibility index (Phi) is 3.93. The zero-order chi connectivity index (χ0) is 14.8. The number of rotatable bonds is 4. The minimum atomic E-state index is -0.171. The predicted molar refractivity (Wildman–Crippen MR) is 84.9 cm³/mol. The summed E-state index contributed by atoms with van der Waals surface area (Å²) >= 11 is 0. The fourth-order valence-electron chi connectivity index (χ4n) is 3.22. The Morgan fingerprint density at radius 2 is 1.86 bits per heavy atom. The minimum absolute atomic E-state index is 0.0898. The van der Waals surface area contributed by atoms with Crippen LogP contribution >= 0.6 is 0 Å². The maximum absolute atomic E-state index is 14.3. The number of para-hydroxylation sites is 1. The molecule has 0 aromatic heterocycles. The number of anilines is 1. The van der Waals surface area contributed by atoms with Crippen molar-refractivity contribution in [2.75, 3.05) is 11.4 Å². The molecule has 0 aliphatic carbocycles. The number of hydrogen-bond acceptors (Lipinski definition) is 2. The zero-order valence-corrected chi connectivity index (χ0v) is 12.3. The van der Waals surface area contributed by atoms with Crippen molar-refractivity contribution in [2.45, 2.75) is 31.8 Å². The fraction of sp³-hybridized carbons (Fsp3) is 0.333. The van der Waals surface area contributed by atoms with Gasteiger partial charge in [-0.3, -0.25) is 0 Å². The third-order valence-corrected chi connectivity index (χ3v) is 4.36. The van der Waals surface area contributed by atoms with Gasteiger partial charge in [-0.05, 0) is 30.5 Å². The molecule has 0 bridgehead atoms. The van der Waals surface area contributed by atoms with E-state index in [1.54, 1.807) is 6.07 Å². The second-order valence-corrected chi connectivity index (χ2v) is 5.61. The zero-order valence-electron chi connectivity index (χ0n) is 12.3. The number of hydrogen-bond donors (Lipinski definition) is 1. The van der Waals surface area contributed by atoms with Crippen LogP contribution in [0.4, 0.5) is 10.1 Å². The van der Waals surface area contributed by atoms with Crippen LogP contribution in [0.2, 0.25) is 0 Å². The van der Waals surface area contributed by atoms with E-state index in [2.05, 4.69) is 30.0 Å². The number of fused-ring (bicyclic) bond motifs is 1. The van der Waals surface area contributed by atoms with E-state index < -0.39 is 0 Å². The van der Waals surface area contributed by atoms with Crippen molar-refractivity contribution in [2.24, 2.45) is 5.73 Å². The molecule has 0 radical (unpaired) electrons. The van der Waals surface area contributed by atoms with E-state index in [0.717, 1.165) is 19.4 Å². The van der Waals surface area contributed by atoms with Gasteiger partial charge in [0, 0.05) is 23.8 Å². The van der Waals surface area contributed by atoms with Crippen LogP contribution in [0.15, 0.2) is 48.5 Å². The van der Waals surface area contributed by atoms with E-state index in [0.29, 0.717) is 5.56 Å². The summed E-state index contributed by atoms with van der Waals surface area (Å²) < 4.78 is 14.3. The molecule has 0 fully saturated rings. The second kappa shape index (κ2) is 5.86. The standard InChI is InChI=1S/C18H21FN2/c1-2-16(20)18(14-8-4-5-9-15(14)19)21-12-11-13-7-3-6-10-17(13)21/h3-10,16,18H,2,11-12,20H2,1H3. The average molecular weight is 284 g/mol. The first kappa shape index (κ1) is 14.1. The second-order valence-electron chi connectivity index (χ2n) is 5.61. The highest BCUT2D eigenvalue weighted by molar-refractivity contribution is 5.59. The van der Waals surface area contributed by atoms with Crippen LogP contribution in [0.5, 0.6) is 0 Å². The Labute approximate surface area is 125 Å². The summed E-state index contributed by atoms with van der Waals surface area (Å²) in [7, 11) is 0. The van der Waals surface area contributed by atoms with Gasteiger partial charge in [0.1, 0.15) is 5.82 Å². The van der Waals surface area contributed by atoms with Gasteiger partial charge in [-0.15, -0.1) is 0 Å². The predicted octanol–water partition coefficient (Wildman–Crippen LogP) is 3.67. The van der Waals surface area contributed by atoms with Crippen LogP contribution in [0.25, 0.3) is 0 Å². The molecule has 0 saturated carbocycles. The lowest BCUT2D eigenvalue weighted by atomic mass is 9.95. The van der Waals surface area contributed by atoms with Crippen LogP contribution < -0.4 is 10.6 Å². The van der Waals surface area contributed by atoms with Crippen LogP contribution in [0.3, 0.4) is 0 Å². The molecule has 2 aromatic rings. The van der Waals surface area contributed by atoms with Crippen LogP contribution in [0, 0.1) is 5.82 Å². The van der Waals surface area contributed by atoms with Gasteiger partial charge in [0.05, 0.1) is 6.04 Å². The normalized spacial score (nSPS) is 16.6. The van der Waals surface area contributed by atoms with Crippen molar-refractivity contribution in [1.82, 2.24) is 0 Å². The summed E-state index contributed by atoms with van der Waals surface area (Å²) in [5, 5.41) is 0. The first-order chi connectivity index (χ1) is 10.2. The third kappa shape index (κ3) is 2.54. The lowest BCUT2D eigenvalue weighted by Gasteiger charge is -2.35. The van der Waals surface area contributed by atoms with Crippen molar-refractivity contribution >= 4 is 5.69 Å². The lowest BCUT2D eigenvalue weighted by molar-refractivity contribution is 0.474. The van der Waals surface area contributed by atoms with Crippen LogP contribution in [0.1, 0.15) is 30.5 Å². The highest BCUT2D eigenvalue weighted by Gasteiger charge is 2.32. The molecule has 1 aliphatic heterocycles. The Bertz CT molecular complexity index is 626. The van der Waals surface area contributed by atoms with E-state index in [9.17, 15) is 4.39 Å². The molecule has 1 heterocycles. The highest BCUT2D eigenvalue weighted by atomic mass is 19.1. The summed E-state index contributed by atoms with van der Waals surface area (Å²) in [6, 6.07) is 15.1. The van der Waals surface area contributed by atoms with Gasteiger partial charge in [0.25, 0.3) is 0 Å². The van der Waals surface area contributed by atoms with E-state index in [-0.39, 0.29) is 17.9 Å². The molecule has 3 heteroatoms. The first-order valence-corrected chi connectivity index (χ1v) is 7.57. The smallest absolute Gasteiger partial charge is 0.128 e. The molecule has 2 N–H and O–H groups in total. The van der Waals surface area contributed by atoms with Gasteiger partial charge in [-0.25, -0.2) is 4.39 Å². The molecule has 3 rings (SSSR count). The Balaban J connectivity index is 2.04. The van der Waals surface area contributed by atoms with E-state index in [1.807, 2.05) is 18.2 Å². The quantitative estimate of drug-likeness (QED) is 0.928. The SMILES string of the molecule is CCC(N)C(c1ccccc1F)N1CCc2ccccc21. The molecular weight excluding hydrogens is 263 g/mol. The van der Waals surface area contributed by atoms with Gasteiger partial charge in [0.15, 0.2) is 0 Å². The summed E-state index contributed by atoms with van der Waals surface area (Å²) in [6.45, 7) is 2.95. The lowest BCUT2D eigenvalue weighted by Crippen LogP contribution is -2.40. The van der Waals surface area contributed by atoms with Crippen LogP contribution in [-0.4, -0.2) is 12.6 Å². The molecule has 2 aromatic carbocycles. The number of nitrogens with two attached hydrogens (primary N) is 1. The topological polar surface area (TPSA) is 29.3 Å². The summed E-state index contributed by atoms with van der Waals surface area (Å²) in [5.41, 5.74) is 9.56. The monoisotopic (exact) mass is 284 g/mol. The molecule has 0 saturated heterocycles. The first-order valence-electron chi connectivity index (χ1n) is 7.57. The van der Waals surface area contributed by atoms with Gasteiger partial charge in [-0.2, -0.15) is 0 Å². The third-order valence-electron chi connectivity index (χ3n) is 4.36. The summed E-state index contributed by atoms with van der Waals surface area (Å²) in [6.07, 6.45) is 1.81. The molecule has 1 aliphatic rings. The highest BCUT2D eigenvalue weighted by Crippen LogP contribution is 2.37. The van der Waals surface area contributed by atoms with Gasteiger partial charge >= 0.3 is 0 Å². The van der Waals surface area contributed by atoms with Gasteiger partial charge < -0.3 is 10.6 Å². The van der Waals surface area contributed by atoms with Crippen molar-refractivity contribution < 1.29 is 4.39 Å². The number of nitrogens with zero attached hydrogens (tertiary/aromatic N) is 1. The van der Waals surface area contributed by atoms with E-state index >= 15 is 0 Å². The number of halogens is 1. The molecule has 2 nitrogen and oxygen atoms in total. The fourth-order valence-corrected chi connectivity index (χ4v) is 3.22. The van der Waals surface area contributed by atoms with Gasteiger partial charge in [-0.1, -0.05) is 43.3 Å². The Morgan fingerprint density at radius 1 is 1.14 bits per heavy atom. The molecular formula is C18H21FN2. The van der Waals surface area contributed by atoms with Crippen molar-refractivity contribution in [3.63, 3.8) is 0 Å². The largest absolute Gasteiger partial charge is 0.362 e. The minimum Gasteiger partial charge on any atom is -0.362 e. The van der Waals surface area contributed by atoms with E-state index in [1.165, 1.54) is 17.3 Å². The Hall–Kier alpha value is -1.87. The number of benzene rings is 2. The van der Waals surface area contributed by atoms with Crippen LogP contribution in [-0.2, 0) is 6.42 Å². The van der Waals surface area contributed by atoms with Crippen molar-refractivity contribution in [3.05, 3.63) is 65.5 Å². The van der Waals surface area contributed by atoms with Crippen molar-refractivity contribution in [1.29, 1.82) is 0 Å².